The summed E-state index contributed by atoms with van der Waals surface area (Å²) in [5.74, 6) is 0.846. The zero-order chi connectivity index (χ0) is 11.8. The molecule has 0 fully saturated rings. The highest BCUT2D eigenvalue weighted by Crippen LogP contribution is 2.06. The van der Waals surface area contributed by atoms with Crippen molar-refractivity contribution in [2.75, 3.05) is 20.1 Å². The van der Waals surface area contributed by atoms with Crippen LogP contribution in [0.25, 0.3) is 0 Å². The Morgan fingerprint density at radius 3 is 2.33 bits per heavy atom. The minimum Gasteiger partial charge on any atom is -0.353 e. The fourth-order valence-electron chi connectivity index (χ4n) is 1.33. The molecular weight excluding hydrogens is 188 g/mol. The summed E-state index contributed by atoms with van der Waals surface area (Å²) in [7, 11) is 1.96. The number of carbonyl (C=O) groups is 1. The van der Waals surface area contributed by atoms with E-state index in [1.165, 1.54) is 6.42 Å². The Bertz CT molecular complexity index is 180. The van der Waals surface area contributed by atoms with Crippen LogP contribution in [0.3, 0.4) is 0 Å². The lowest BCUT2D eigenvalue weighted by molar-refractivity contribution is -0.122. The first kappa shape index (κ1) is 14.4. The molecule has 0 bridgehead atoms. The molecule has 15 heavy (non-hydrogen) atoms. The third-order valence-corrected chi connectivity index (χ3v) is 2.54. The van der Waals surface area contributed by atoms with Gasteiger partial charge in [0.15, 0.2) is 0 Å². The van der Waals surface area contributed by atoms with Crippen molar-refractivity contribution < 1.29 is 4.79 Å². The monoisotopic (exact) mass is 214 g/mol. The van der Waals surface area contributed by atoms with Crippen LogP contribution in [0.15, 0.2) is 0 Å². The number of hydrogen-bond acceptors (Lipinski definition) is 2. The van der Waals surface area contributed by atoms with Gasteiger partial charge in [-0.15, -0.1) is 0 Å². The van der Waals surface area contributed by atoms with Gasteiger partial charge in [0.05, 0.1) is 6.54 Å². The van der Waals surface area contributed by atoms with E-state index in [4.69, 9.17) is 0 Å². The predicted molar refractivity (Wildman–Crippen MR) is 64.8 cm³/mol. The van der Waals surface area contributed by atoms with Crippen LogP contribution in [-0.4, -0.2) is 37.0 Å². The SMILES string of the molecule is CCN(C)CC(=O)N[C@H](C)CCC(C)C. The fraction of sp³-hybridized carbons (Fsp3) is 0.917. The standard InChI is InChI=1S/C12H26N2O/c1-6-14(5)9-12(15)13-11(4)8-7-10(2)3/h10-11H,6-9H2,1-5H3,(H,13,15)/t11-/m1/s1. The molecule has 0 heterocycles. The Labute approximate surface area is 94.2 Å². The topological polar surface area (TPSA) is 32.3 Å². The van der Waals surface area contributed by atoms with Crippen LogP contribution in [0.5, 0.6) is 0 Å². The molecule has 90 valence electrons. The predicted octanol–water partition coefficient (Wildman–Crippen LogP) is 1.88. The molecule has 0 aromatic carbocycles. The van der Waals surface area contributed by atoms with Crippen LogP contribution in [0, 0.1) is 5.92 Å². The highest BCUT2D eigenvalue weighted by Gasteiger charge is 2.09. The summed E-state index contributed by atoms with van der Waals surface area (Å²) in [5.41, 5.74) is 0. The minimum absolute atomic E-state index is 0.135. The van der Waals surface area contributed by atoms with Gasteiger partial charge in [0.25, 0.3) is 0 Å². The Hall–Kier alpha value is -0.570. The zero-order valence-corrected chi connectivity index (χ0v) is 10.8. The van der Waals surface area contributed by atoms with E-state index in [-0.39, 0.29) is 5.91 Å². The third-order valence-electron chi connectivity index (χ3n) is 2.54. The van der Waals surface area contributed by atoms with E-state index in [0.29, 0.717) is 18.5 Å². The van der Waals surface area contributed by atoms with Gasteiger partial charge in [-0.3, -0.25) is 9.69 Å². The number of rotatable bonds is 7. The Kier molecular flexibility index (Phi) is 7.39. The molecule has 0 rings (SSSR count). The lowest BCUT2D eigenvalue weighted by Crippen LogP contribution is -2.39. The van der Waals surface area contributed by atoms with Gasteiger partial charge in [0.1, 0.15) is 0 Å². The molecule has 0 aliphatic carbocycles. The van der Waals surface area contributed by atoms with Crippen LogP contribution in [0.2, 0.25) is 0 Å². The lowest BCUT2D eigenvalue weighted by Gasteiger charge is -2.18. The van der Waals surface area contributed by atoms with Crippen LogP contribution in [0.1, 0.15) is 40.5 Å². The minimum atomic E-state index is 0.135. The van der Waals surface area contributed by atoms with E-state index < -0.39 is 0 Å². The Balaban J connectivity index is 3.66. The Morgan fingerprint density at radius 1 is 1.27 bits per heavy atom. The van der Waals surface area contributed by atoms with E-state index in [1.807, 2.05) is 11.9 Å². The van der Waals surface area contributed by atoms with Crippen molar-refractivity contribution in [2.45, 2.75) is 46.6 Å². The second-order valence-corrected chi connectivity index (χ2v) is 4.77. The van der Waals surface area contributed by atoms with Gasteiger partial charge in [-0.2, -0.15) is 0 Å². The molecule has 0 aromatic heterocycles. The maximum absolute atomic E-state index is 11.5. The molecule has 3 heteroatoms. The summed E-state index contributed by atoms with van der Waals surface area (Å²) >= 11 is 0. The van der Waals surface area contributed by atoms with E-state index in [2.05, 4.69) is 33.0 Å². The van der Waals surface area contributed by atoms with E-state index >= 15 is 0 Å². The highest BCUT2D eigenvalue weighted by atomic mass is 16.2. The quantitative estimate of drug-likeness (QED) is 0.702. The van der Waals surface area contributed by atoms with Crippen molar-refractivity contribution in [3.05, 3.63) is 0 Å². The number of hydrogen-bond donors (Lipinski definition) is 1. The normalized spacial score (nSPS) is 13.3. The average Bonchev–Trinajstić information content (AvgIpc) is 2.14. The molecule has 1 N–H and O–H groups in total. The number of likely N-dealkylation sites (N-methyl/N-ethyl adjacent to an activating group) is 1. The number of nitrogens with zero attached hydrogens (tertiary/aromatic N) is 1. The van der Waals surface area contributed by atoms with Gasteiger partial charge in [0.2, 0.25) is 5.91 Å². The van der Waals surface area contributed by atoms with E-state index in [0.717, 1.165) is 13.0 Å². The molecular formula is C12H26N2O. The number of carbonyl (C=O) groups excluding carboxylic acids is 1. The van der Waals surface area contributed by atoms with Crippen molar-refractivity contribution in [2.24, 2.45) is 5.92 Å². The fourth-order valence-corrected chi connectivity index (χ4v) is 1.33. The maximum atomic E-state index is 11.5. The van der Waals surface area contributed by atoms with Crippen molar-refractivity contribution in [3.63, 3.8) is 0 Å². The maximum Gasteiger partial charge on any atom is 0.234 e. The zero-order valence-electron chi connectivity index (χ0n) is 10.8. The van der Waals surface area contributed by atoms with Gasteiger partial charge in [-0.25, -0.2) is 0 Å². The molecule has 3 nitrogen and oxygen atoms in total. The number of nitrogens with one attached hydrogen (secondary N) is 1. The van der Waals surface area contributed by atoms with Gasteiger partial charge in [-0.05, 0) is 39.3 Å². The second-order valence-electron chi connectivity index (χ2n) is 4.77. The van der Waals surface area contributed by atoms with Gasteiger partial charge in [0, 0.05) is 6.04 Å². The molecule has 0 unspecified atom stereocenters. The van der Waals surface area contributed by atoms with Gasteiger partial charge < -0.3 is 5.32 Å². The third kappa shape index (κ3) is 8.43. The first-order valence-corrected chi connectivity index (χ1v) is 5.93. The molecule has 0 aromatic rings. The summed E-state index contributed by atoms with van der Waals surface area (Å²) in [6.45, 7) is 9.96. The smallest absolute Gasteiger partial charge is 0.234 e. The summed E-state index contributed by atoms with van der Waals surface area (Å²) in [5, 5.41) is 3.02. The van der Waals surface area contributed by atoms with Crippen LogP contribution in [0.4, 0.5) is 0 Å². The molecule has 0 radical (unpaired) electrons. The van der Waals surface area contributed by atoms with Crippen molar-refractivity contribution in [1.82, 2.24) is 10.2 Å². The van der Waals surface area contributed by atoms with Crippen molar-refractivity contribution in [1.29, 1.82) is 0 Å². The molecule has 0 spiro atoms. The van der Waals surface area contributed by atoms with E-state index in [1.54, 1.807) is 0 Å². The van der Waals surface area contributed by atoms with Crippen molar-refractivity contribution >= 4 is 5.91 Å². The van der Waals surface area contributed by atoms with Crippen LogP contribution in [-0.2, 0) is 4.79 Å². The lowest BCUT2D eigenvalue weighted by atomic mass is 10.0. The largest absolute Gasteiger partial charge is 0.353 e. The summed E-state index contributed by atoms with van der Waals surface area (Å²) < 4.78 is 0. The van der Waals surface area contributed by atoms with Gasteiger partial charge in [-0.1, -0.05) is 20.8 Å². The highest BCUT2D eigenvalue weighted by molar-refractivity contribution is 5.78. The second kappa shape index (κ2) is 7.69. The molecule has 0 saturated heterocycles. The molecule has 0 aliphatic rings. The molecule has 1 atom stereocenters. The molecule has 1 amide bonds. The summed E-state index contributed by atoms with van der Waals surface area (Å²) in [4.78, 5) is 13.5. The average molecular weight is 214 g/mol. The Morgan fingerprint density at radius 2 is 1.87 bits per heavy atom. The van der Waals surface area contributed by atoms with E-state index in [9.17, 15) is 4.79 Å². The van der Waals surface area contributed by atoms with Gasteiger partial charge >= 0.3 is 0 Å². The van der Waals surface area contributed by atoms with Crippen LogP contribution >= 0.6 is 0 Å². The molecule has 0 saturated carbocycles. The summed E-state index contributed by atoms with van der Waals surface area (Å²) in [6.07, 6.45) is 2.24. The first-order chi connectivity index (χ1) is 6.95. The van der Waals surface area contributed by atoms with Crippen molar-refractivity contribution in [3.8, 4) is 0 Å². The molecule has 0 aliphatic heterocycles. The number of amides is 1. The van der Waals surface area contributed by atoms with Crippen LogP contribution < -0.4 is 5.32 Å². The summed E-state index contributed by atoms with van der Waals surface area (Å²) in [6, 6.07) is 0.296. The first-order valence-electron chi connectivity index (χ1n) is 5.93.